The van der Waals surface area contributed by atoms with Crippen LogP contribution in [0.4, 0.5) is 34.1 Å². The van der Waals surface area contributed by atoms with Crippen molar-refractivity contribution in [1.82, 2.24) is 0 Å². The number of ether oxygens (including phenoxy) is 2. The third kappa shape index (κ3) is 9.61. The second kappa shape index (κ2) is 15.0. The Balaban J connectivity index is 0.000000275. The predicted molar refractivity (Wildman–Crippen MR) is 173 cm³/mol. The molecule has 0 saturated heterocycles. The van der Waals surface area contributed by atoms with Crippen LogP contribution in [0.15, 0.2) is 79.5 Å². The Labute approximate surface area is 273 Å². The molecule has 13 N–H and O–H groups in total. The highest BCUT2D eigenvalue weighted by Gasteiger charge is 2.20. The van der Waals surface area contributed by atoms with E-state index < -0.39 is 45.0 Å². The number of anilines is 4. The normalized spacial score (nSPS) is 12.1. The zero-order chi connectivity index (χ0) is 36.0. The Morgan fingerprint density at radius 3 is 1.48 bits per heavy atom. The largest absolute Gasteiger partial charge is 0.489 e. The third-order valence-electron chi connectivity index (χ3n) is 5.97. The minimum absolute atomic E-state index is 0.0114. The Bertz CT molecular complexity index is 2120. The van der Waals surface area contributed by atoms with Crippen LogP contribution in [-0.4, -0.2) is 75.6 Å². The van der Waals surface area contributed by atoms with Gasteiger partial charge >= 0.3 is 0 Å². The number of aliphatic hydroxyl groups excluding tert-OH is 2. The van der Waals surface area contributed by atoms with E-state index in [1.165, 1.54) is 36.4 Å². The molecule has 0 spiro atoms. The molecule has 0 atom stereocenters. The second-order valence-electron chi connectivity index (χ2n) is 9.48. The quantitative estimate of drug-likeness (QED) is 0.0602. The van der Waals surface area contributed by atoms with Crippen LogP contribution in [0.25, 0.3) is 10.8 Å². The lowest BCUT2D eigenvalue weighted by Crippen LogP contribution is -2.05. The average molecular weight is 731 g/mol. The van der Waals surface area contributed by atoms with Gasteiger partial charge < -0.3 is 42.6 Å². The fourth-order valence-electron chi connectivity index (χ4n) is 3.91. The van der Waals surface area contributed by atoms with Gasteiger partial charge in [-0.3, -0.25) is 13.7 Å². The summed E-state index contributed by atoms with van der Waals surface area (Å²) >= 11 is 0. The molecule has 0 aliphatic rings. The van der Waals surface area contributed by atoms with Crippen LogP contribution in [0.5, 0.6) is 11.5 Å². The van der Waals surface area contributed by atoms with Gasteiger partial charge in [0.1, 0.15) is 50.8 Å². The van der Waals surface area contributed by atoms with Crippen LogP contribution in [-0.2, 0) is 30.4 Å². The van der Waals surface area contributed by atoms with Crippen molar-refractivity contribution in [1.29, 1.82) is 0 Å². The summed E-state index contributed by atoms with van der Waals surface area (Å²) in [7, 11) is -13.7. The number of hydrogen-bond donors (Lipinski definition) is 9. The van der Waals surface area contributed by atoms with Crippen LogP contribution >= 0.6 is 0 Å². The molecular weight excluding hydrogens is 701 g/mol. The molecular formula is C26H30N6O13S3. The van der Waals surface area contributed by atoms with E-state index in [0.29, 0.717) is 5.39 Å². The molecule has 0 amide bonds. The van der Waals surface area contributed by atoms with Crippen molar-refractivity contribution in [3.63, 3.8) is 0 Å². The number of nitrogens with zero attached hydrogens (tertiary/aromatic N) is 2. The molecule has 0 aliphatic carbocycles. The minimum Gasteiger partial charge on any atom is -0.489 e. The molecule has 0 radical (unpaired) electrons. The smallest absolute Gasteiger partial charge is 0.296 e. The molecule has 0 saturated carbocycles. The molecule has 22 heteroatoms. The Morgan fingerprint density at radius 2 is 1.00 bits per heavy atom. The van der Waals surface area contributed by atoms with Crippen molar-refractivity contribution in [2.24, 2.45) is 10.2 Å². The second-order valence-corrected chi connectivity index (χ2v) is 13.7. The van der Waals surface area contributed by atoms with Gasteiger partial charge in [0.2, 0.25) is 0 Å². The summed E-state index contributed by atoms with van der Waals surface area (Å²) in [6, 6.07) is 10.9. The highest BCUT2D eigenvalue weighted by atomic mass is 32.2. The van der Waals surface area contributed by atoms with Gasteiger partial charge in [-0.1, -0.05) is 0 Å². The highest BCUT2D eigenvalue weighted by molar-refractivity contribution is 7.86. The first-order valence-electron chi connectivity index (χ1n) is 13.0. The van der Waals surface area contributed by atoms with Crippen molar-refractivity contribution < 1.29 is 58.6 Å². The van der Waals surface area contributed by atoms with E-state index in [0.717, 1.165) is 18.2 Å². The van der Waals surface area contributed by atoms with Crippen LogP contribution < -0.4 is 32.4 Å². The minimum atomic E-state index is -4.58. The molecule has 0 heterocycles. The molecule has 4 rings (SSSR count). The fourth-order valence-corrected chi connectivity index (χ4v) is 5.84. The summed E-state index contributed by atoms with van der Waals surface area (Å²) < 4.78 is 106. The summed E-state index contributed by atoms with van der Waals surface area (Å²) in [5.41, 5.74) is 22.3. The monoisotopic (exact) mass is 730 g/mol. The summed E-state index contributed by atoms with van der Waals surface area (Å²) in [6.07, 6.45) is 0. The number of benzene rings is 4. The van der Waals surface area contributed by atoms with Gasteiger partial charge in [-0.05, 0) is 53.2 Å². The molecule has 19 nitrogen and oxygen atoms in total. The first kappa shape index (κ1) is 37.6. The number of nitrogen functional groups attached to an aromatic ring is 4. The molecule has 48 heavy (non-hydrogen) atoms. The summed E-state index contributed by atoms with van der Waals surface area (Å²) in [5.74, 6) is 0.363. The average Bonchev–Trinajstić information content (AvgIpc) is 2.97. The summed E-state index contributed by atoms with van der Waals surface area (Å²) in [4.78, 5) is -1.63. The number of azo groups is 1. The number of nitrogens with two attached hydrogens (primary N) is 4. The van der Waals surface area contributed by atoms with Crippen molar-refractivity contribution >= 4 is 75.3 Å². The van der Waals surface area contributed by atoms with E-state index in [-0.39, 0.29) is 77.4 Å². The lowest BCUT2D eigenvalue weighted by Gasteiger charge is -2.12. The standard InChI is InChI=1S/C16H20N4O7S.C10H10N2O6S2/c17-10-1-2-12(16(7-10)28(23,24)25)19-20-13-9-14(26-5-3-21)11(18)8-15(13)27-6-4-22;11-7-1-5-2-8(12)10(20(16,17)18)4-6(5)3-9(7)19(13,14)15/h1-2,7-9,21-22H,3-6,17-18H2,(H,23,24,25);1-4H,11-12H2,(H,13,14,15)(H,16,17,18). The van der Waals surface area contributed by atoms with Crippen molar-refractivity contribution in [2.45, 2.75) is 14.7 Å². The maximum absolute atomic E-state index is 11.5. The predicted octanol–water partition coefficient (Wildman–Crippen LogP) is 1.75. The fraction of sp³-hybridized carbons (Fsp3) is 0.154. The maximum Gasteiger partial charge on any atom is 0.296 e. The molecule has 0 unspecified atom stereocenters. The molecule has 0 fully saturated rings. The molecule has 260 valence electrons. The van der Waals surface area contributed by atoms with Gasteiger partial charge in [0.25, 0.3) is 30.4 Å². The van der Waals surface area contributed by atoms with Gasteiger partial charge in [0.15, 0.2) is 0 Å². The van der Waals surface area contributed by atoms with Crippen LogP contribution in [0.2, 0.25) is 0 Å². The molecule has 0 aromatic heterocycles. The van der Waals surface area contributed by atoms with Gasteiger partial charge in [-0.2, -0.15) is 25.3 Å². The lowest BCUT2D eigenvalue weighted by atomic mass is 10.1. The van der Waals surface area contributed by atoms with Crippen LogP contribution in [0, 0.1) is 0 Å². The Hall–Kier alpha value is -4.81. The van der Waals surface area contributed by atoms with Gasteiger partial charge in [-0.15, -0.1) is 10.2 Å². The van der Waals surface area contributed by atoms with E-state index in [1.54, 1.807) is 0 Å². The van der Waals surface area contributed by atoms with E-state index in [4.69, 9.17) is 51.7 Å². The number of aliphatic hydroxyl groups is 2. The topological polar surface area (TPSA) is 351 Å². The Morgan fingerprint density at radius 1 is 0.542 bits per heavy atom. The highest BCUT2D eigenvalue weighted by Crippen LogP contribution is 2.38. The lowest BCUT2D eigenvalue weighted by molar-refractivity contribution is 0.199. The summed E-state index contributed by atoms with van der Waals surface area (Å²) in [6.45, 7) is -0.550. The van der Waals surface area contributed by atoms with Gasteiger partial charge in [0, 0.05) is 17.8 Å². The van der Waals surface area contributed by atoms with E-state index in [1.807, 2.05) is 0 Å². The van der Waals surface area contributed by atoms with E-state index in [9.17, 15) is 29.8 Å². The number of rotatable bonds is 11. The zero-order valence-corrected chi connectivity index (χ0v) is 26.9. The zero-order valence-electron chi connectivity index (χ0n) is 24.5. The third-order valence-corrected chi connectivity index (χ3v) is 8.67. The molecule has 4 aromatic rings. The molecule has 0 bridgehead atoms. The molecule has 4 aromatic carbocycles. The van der Waals surface area contributed by atoms with E-state index >= 15 is 0 Å². The Kier molecular flexibility index (Phi) is 11.7. The van der Waals surface area contributed by atoms with Crippen LogP contribution in [0.1, 0.15) is 0 Å². The summed E-state index contributed by atoms with van der Waals surface area (Å²) in [5, 5.41) is 26.1. The number of hydrogen-bond acceptors (Lipinski definition) is 16. The van der Waals surface area contributed by atoms with Gasteiger partial charge in [-0.25, -0.2) is 0 Å². The van der Waals surface area contributed by atoms with E-state index in [2.05, 4.69) is 10.2 Å². The van der Waals surface area contributed by atoms with Crippen LogP contribution in [0.3, 0.4) is 0 Å². The van der Waals surface area contributed by atoms with Gasteiger partial charge in [0.05, 0.1) is 30.3 Å². The maximum atomic E-state index is 11.5. The van der Waals surface area contributed by atoms with Crippen molar-refractivity contribution in [3.8, 4) is 11.5 Å². The number of fused-ring (bicyclic) bond motifs is 1. The first-order valence-corrected chi connectivity index (χ1v) is 17.4. The molecule has 0 aliphatic heterocycles. The van der Waals surface area contributed by atoms with Crippen molar-refractivity contribution in [2.75, 3.05) is 49.4 Å². The van der Waals surface area contributed by atoms with Crippen molar-refractivity contribution in [3.05, 3.63) is 54.6 Å². The first-order chi connectivity index (χ1) is 22.3. The SMILES string of the molecule is Nc1cc2cc(N)c(S(=O)(=O)O)cc2cc1S(=O)(=O)O.Nc1ccc(N=Nc2cc(OCCO)c(N)cc2OCCO)c(S(=O)(=O)O)c1.